The highest BCUT2D eigenvalue weighted by Crippen LogP contribution is 2.32. The maximum atomic E-state index is 11.6. The van der Waals surface area contributed by atoms with E-state index in [-0.39, 0.29) is 12.4 Å². The average Bonchev–Trinajstić information content (AvgIpc) is 2.78. The smallest absolute Gasteiger partial charge is 0.311 e. The van der Waals surface area contributed by atoms with Gasteiger partial charge in [-0.25, -0.2) is 4.98 Å². The molecule has 6 heteroatoms. The maximum absolute atomic E-state index is 11.6. The molecule has 1 heterocycles. The van der Waals surface area contributed by atoms with Gasteiger partial charge in [-0.3, -0.25) is 4.79 Å². The molecule has 0 saturated heterocycles. The molecule has 0 saturated carbocycles. The minimum Gasteiger partial charge on any atom is -0.465 e. The van der Waals surface area contributed by atoms with Crippen molar-refractivity contribution in [1.29, 1.82) is 0 Å². The summed E-state index contributed by atoms with van der Waals surface area (Å²) >= 11 is 8.39. The molecular weight excluding hydrogens is 406 g/mol. The zero-order valence-corrected chi connectivity index (χ0v) is 14.8. The lowest BCUT2D eigenvalue weighted by molar-refractivity contribution is -0.142. The molecule has 0 atom stereocenters. The number of hydrogen-bond acceptors (Lipinski definition) is 4. The highest BCUT2D eigenvalue weighted by atomic mass is 79.9. The molecule has 0 unspecified atom stereocenters. The molecule has 20 heavy (non-hydrogen) atoms. The van der Waals surface area contributed by atoms with Gasteiger partial charge in [0, 0.05) is 10.0 Å². The van der Waals surface area contributed by atoms with Gasteiger partial charge in [-0.2, -0.15) is 0 Å². The van der Waals surface area contributed by atoms with Gasteiger partial charge >= 0.3 is 5.97 Å². The molecule has 0 fully saturated rings. The summed E-state index contributed by atoms with van der Waals surface area (Å²) in [5.41, 5.74) is 1.76. The Balaban J connectivity index is 2.13. The van der Waals surface area contributed by atoms with Crippen molar-refractivity contribution in [2.45, 2.75) is 19.8 Å². The number of thiazole rings is 1. The number of aromatic nitrogens is 1. The van der Waals surface area contributed by atoms with E-state index in [1.165, 1.54) is 11.3 Å². The van der Waals surface area contributed by atoms with Crippen molar-refractivity contribution in [2.75, 3.05) is 6.61 Å². The molecule has 0 N–H and O–H groups in total. The number of benzene rings is 1. The first-order valence-corrected chi connectivity index (χ1v) is 8.57. The number of carbonyl (C=O) groups excluding carboxylic acids is 1. The highest BCUT2D eigenvalue weighted by molar-refractivity contribution is 9.11. The van der Waals surface area contributed by atoms with Crippen LogP contribution in [-0.2, 0) is 16.0 Å². The maximum Gasteiger partial charge on any atom is 0.311 e. The first-order valence-electron chi connectivity index (χ1n) is 6.17. The second-order valence-electron chi connectivity index (χ2n) is 4.14. The fraction of sp³-hybridized carbons (Fsp3) is 0.286. The van der Waals surface area contributed by atoms with Crippen LogP contribution in [0.1, 0.15) is 19.0 Å². The van der Waals surface area contributed by atoms with E-state index in [1.54, 1.807) is 0 Å². The number of ether oxygens (including phenoxy) is 1. The van der Waals surface area contributed by atoms with E-state index in [2.05, 4.69) is 36.8 Å². The normalized spacial score (nSPS) is 10.6. The summed E-state index contributed by atoms with van der Waals surface area (Å²) in [6, 6.07) is 7.93. The Hall–Kier alpha value is -0.720. The lowest BCUT2D eigenvalue weighted by Gasteiger charge is -2.01. The van der Waals surface area contributed by atoms with Crippen molar-refractivity contribution in [3.05, 3.63) is 38.2 Å². The number of nitrogens with zero attached hydrogens (tertiary/aromatic N) is 1. The van der Waals surface area contributed by atoms with Crippen LogP contribution >= 0.6 is 43.2 Å². The summed E-state index contributed by atoms with van der Waals surface area (Å²) in [5.74, 6) is -0.236. The minimum atomic E-state index is -0.236. The Morgan fingerprint density at radius 2 is 2.00 bits per heavy atom. The molecule has 0 aliphatic carbocycles. The Morgan fingerprint density at radius 1 is 1.30 bits per heavy atom. The predicted octanol–water partition coefficient (Wildman–Crippen LogP) is 4.83. The molecule has 106 valence electrons. The van der Waals surface area contributed by atoms with E-state index >= 15 is 0 Å². The van der Waals surface area contributed by atoms with Crippen molar-refractivity contribution in [3.8, 4) is 10.6 Å². The lowest BCUT2D eigenvalue weighted by Crippen LogP contribution is -2.09. The summed E-state index contributed by atoms with van der Waals surface area (Å²) in [7, 11) is 0. The molecule has 0 bridgehead atoms. The number of hydrogen-bond donors (Lipinski definition) is 0. The second-order valence-corrected chi connectivity index (χ2v) is 7.38. The van der Waals surface area contributed by atoms with Gasteiger partial charge in [-0.05, 0) is 34.5 Å². The topological polar surface area (TPSA) is 39.2 Å². The van der Waals surface area contributed by atoms with Crippen LogP contribution in [0, 0.1) is 0 Å². The van der Waals surface area contributed by atoms with Gasteiger partial charge < -0.3 is 4.74 Å². The van der Waals surface area contributed by atoms with Crippen molar-refractivity contribution in [1.82, 2.24) is 4.98 Å². The third-order valence-corrected chi connectivity index (χ3v) is 4.93. The molecule has 1 aromatic heterocycles. The Kier molecular flexibility index (Phi) is 5.74. The molecule has 0 amide bonds. The first kappa shape index (κ1) is 15.7. The van der Waals surface area contributed by atoms with Crippen LogP contribution in [0.4, 0.5) is 0 Å². The standard InChI is InChI=1S/C14H13Br2NO2S/c1-2-7-19-12(18)8-11-13(16)20-14(17-11)9-3-5-10(15)6-4-9/h3-6H,2,7-8H2,1H3. The van der Waals surface area contributed by atoms with Gasteiger partial charge in [0.05, 0.1) is 22.5 Å². The molecule has 2 rings (SSSR count). The summed E-state index contributed by atoms with van der Waals surface area (Å²) in [6.45, 7) is 2.43. The summed E-state index contributed by atoms with van der Waals surface area (Å²) in [5, 5.41) is 0.891. The van der Waals surface area contributed by atoms with Crippen molar-refractivity contribution in [3.63, 3.8) is 0 Å². The van der Waals surface area contributed by atoms with Crippen LogP contribution < -0.4 is 0 Å². The van der Waals surface area contributed by atoms with Gasteiger partial charge in [0.1, 0.15) is 5.01 Å². The Bertz CT molecular complexity index is 596. The van der Waals surface area contributed by atoms with E-state index in [4.69, 9.17) is 4.74 Å². The quantitative estimate of drug-likeness (QED) is 0.652. The van der Waals surface area contributed by atoms with Crippen LogP contribution in [0.2, 0.25) is 0 Å². The van der Waals surface area contributed by atoms with Crippen LogP contribution in [0.5, 0.6) is 0 Å². The number of halogens is 2. The van der Waals surface area contributed by atoms with E-state index < -0.39 is 0 Å². The molecular formula is C14H13Br2NO2S. The zero-order valence-electron chi connectivity index (χ0n) is 10.9. The van der Waals surface area contributed by atoms with Crippen LogP contribution in [-0.4, -0.2) is 17.6 Å². The van der Waals surface area contributed by atoms with E-state index in [9.17, 15) is 4.79 Å². The molecule has 1 aromatic carbocycles. The van der Waals surface area contributed by atoms with Crippen molar-refractivity contribution < 1.29 is 9.53 Å². The predicted molar refractivity (Wildman–Crippen MR) is 87.9 cm³/mol. The lowest BCUT2D eigenvalue weighted by atomic mass is 10.2. The van der Waals surface area contributed by atoms with Crippen LogP contribution in [0.15, 0.2) is 32.5 Å². The average molecular weight is 419 g/mol. The van der Waals surface area contributed by atoms with Gasteiger partial charge in [0.25, 0.3) is 0 Å². The largest absolute Gasteiger partial charge is 0.465 e. The Labute approximate surface area is 138 Å². The number of carbonyl (C=O) groups is 1. The van der Waals surface area contributed by atoms with Gasteiger partial charge in [0.15, 0.2) is 0 Å². The van der Waals surface area contributed by atoms with Gasteiger partial charge in [-0.1, -0.05) is 35.0 Å². The molecule has 0 aliphatic rings. The first-order chi connectivity index (χ1) is 9.60. The molecule has 3 nitrogen and oxygen atoms in total. The van der Waals surface area contributed by atoms with E-state index in [0.29, 0.717) is 6.61 Å². The van der Waals surface area contributed by atoms with Crippen molar-refractivity contribution in [2.24, 2.45) is 0 Å². The minimum absolute atomic E-state index is 0.202. The fourth-order valence-electron chi connectivity index (χ4n) is 1.56. The Morgan fingerprint density at radius 3 is 2.65 bits per heavy atom. The third kappa shape index (κ3) is 4.14. The van der Waals surface area contributed by atoms with E-state index in [0.717, 1.165) is 30.9 Å². The van der Waals surface area contributed by atoms with Crippen molar-refractivity contribution >= 4 is 49.2 Å². The molecule has 0 spiro atoms. The second kappa shape index (κ2) is 7.33. The SMILES string of the molecule is CCCOC(=O)Cc1nc(-c2ccc(Br)cc2)sc1Br. The number of rotatable bonds is 5. The molecule has 0 radical (unpaired) electrons. The van der Waals surface area contributed by atoms with E-state index in [1.807, 2.05) is 31.2 Å². The third-order valence-electron chi connectivity index (χ3n) is 2.52. The summed E-state index contributed by atoms with van der Waals surface area (Å²) < 4.78 is 6.99. The monoisotopic (exact) mass is 417 g/mol. The summed E-state index contributed by atoms with van der Waals surface area (Å²) in [6.07, 6.45) is 1.03. The zero-order chi connectivity index (χ0) is 14.5. The highest BCUT2D eigenvalue weighted by Gasteiger charge is 2.14. The summed E-state index contributed by atoms with van der Waals surface area (Å²) in [4.78, 5) is 16.1. The van der Waals surface area contributed by atoms with Crippen LogP contribution in [0.3, 0.4) is 0 Å². The number of esters is 1. The van der Waals surface area contributed by atoms with Gasteiger partial charge in [0.2, 0.25) is 0 Å². The molecule has 2 aromatic rings. The van der Waals surface area contributed by atoms with Gasteiger partial charge in [-0.15, -0.1) is 11.3 Å². The fourth-order valence-corrected chi connectivity index (χ4v) is 3.33. The molecule has 0 aliphatic heterocycles. The van der Waals surface area contributed by atoms with Crippen LogP contribution in [0.25, 0.3) is 10.6 Å².